The van der Waals surface area contributed by atoms with E-state index in [9.17, 15) is 4.79 Å². The molecule has 134 valence electrons. The zero-order chi connectivity index (χ0) is 18.7. The average molecular weight is 387 g/mol. The molecule has 0 bridgehead atoms. The Morgan fingerprint density at radius 1 is 1.12 bits per heavy atom. The van der Waals surface area contributed by atoms with Gasteiger partial charge in [0.15, 0.2) is 11.0 Å². The van der Waals surface area contributed by atoms with E-state index in [2.05, 4.69) is 15.5 Å². The molecular formula is C19H19ClN4OS. The van der Waals surface area contributed by atoms with Gasteiger partial charge >= 0.3 is 0 Å². The van der Waals surface area contributed by atoms with Crippen molar-refractivity contribution in [1.29, 1.82) is 0 Å². The minimum Gasteiger partial charge on any atom is -0.325 e. The van der Waals surface area contributed by atoms with Crippen molar-refractivity contribution in [2.24, 2.45) is 7.05 Å². The molecule has 3 aromatic rings. The molecule has 5 nitrogen and oxygen atoms in total. The van der Waals surface area contributed by atoms with Crippen molar-refractivity contribution >= 4 is 35.0 Å². The first-order valence-electron chi connectivity index (χ1n) is 8.13. The summed E-state index contributed by atoms with van der Waals surface area (Å²) in [7, 11) is 1.89. The summed E-state index contributed by atoms with van der Waals surface area (Å²) in [4.78, 5) is 12.4. The summed E-state index contributed by atoms with van der Waals surface area (Å²) in [5.41, 5.74) is 2.86. The summed E-state index contributed by atoms with van der Waals surface area (Å²) in [5.74, 6) is 0.658. The Morgan fingerprint density at radius 2 is 1.77 bits per heavy atom. The predicted molar refractivity (Wildman–Crippen MR) is 107 cm³/mol. The Balaban J connectivity index is 1.69. The lowest BCUT2D eigenvalue weighted by Gasteiger charge is -2.12. The van der Waals surface area contributed by atoms with Crippen LogP contribution in [0.15, 0.2) is 53.7 Å². The molecule has 0 fully saturated rings. The third-order valence-corrected chi connectivity index (χ3v) is 5.29. The molecule has 0 aliphatic rings. The van der Waals surface area contributed by atoms with Crippen molar-refractivity contribution in [1.82, 2.24) is 14.8 Å². The van der Waals surface area contributed by atoms with Crippen LogP contribution in [-0.4, -0.2) is 25.9 Å². The summed E-state index contributed by atoms with van der Waals surface area (Å²) >= 11 is 7.30. The number of aromatic nitrogens is 3. The number of aryl methyl sites for hydroxylation is 1. The van der Waals surface area contributed by atoms with E-state index in [-0.39, 0.29) is 11.2 Å². The van der Waals surface area contributed by atoms with E-state index in [1.54, 1.807) is 0 Å². The molecule has 0 radical (unpaired) electrons. The number of halogens is 1. The maximum absolute atomic E-state index is 12.4. The van der Waals surface area contributed by atoms with Gasteiger partial charge in [-0.05, 0) is 50.2 Å². The lowest BCUT2D eigenvalue weighted by atomic mass is 10.2. The quantitative estimate of drug-likeness (QED) is 0.653. The number of rotatable bonds is 5. The highest BCUT2D eigenvalue weighted by Gasteiger charge is 2.19. The zero-order valence-corrected chi connectivity index (χ0v) is 16.3. The number of nitrogens with one attached hydrogen (secondary N) is 1. The molecule has 2 aromatic carbocycles. The van der Waals surface area contributed by atoms with Gasteiger partial charge in [0.1, 0.15) is 0 Å². The fourth-order valence-electron chi connectivity index (χ4n) is 2.36. The first-order valence-corrected chi connectivity index (χ1v) is 9.39. The van der Waals surface area contributed by atoms with E-state index >= 15 is 0 Å². The molecular weight excluding hydrogens is 368 g/mol. The van der Waals surface area contributed by atoms with Gasteiger partial charge in [-0.1, -0.05) is 41.1 Å². The molecule has 0 spiro atoms. The van der Waals surface area contributed by atoms with Crippen molar-refractivity contribution in [3.8, 4) is 11.4 Å². The van der Waals surface area contributed by atoms with E-state index in [0.717, 1.165) is 22.6 Å². The van der Waals surface area contributed by atoms with Gasteiger partial charge in [0.25, 0.3) is 0 Å². The number of nitrogens with zero attached hydrogens (tertiary/aromatic N) is 3. The van der Waals surface area contributed by atoms with Gasteiger partial charge in [0.2, 0.25) is 5.91 Å². The number of carbonyl (C=O) groups excluding carboxylic acids is 1. The van der Waals surface area contributed by atoms with Gasteiger partial charge in [-0.2, -0.15) is 0 Å². The zero-order valence-electron chi connectivity index (χ0n) is 14.7. The van der Waals surface area contributed by atoms with Crippen LogP contribution in [0.2, 0.25) is 5.02 Å². The summed E-state index contributed by atoms with van der Waals surface area (Å²) in [6.45, 7) is 3.86. The normalized spacial score (nSPS) is 12.0. The fraction of sp³-hybridized carbons (Fsp3) is 0.211. The van der Waals surface area contributed by atoms with Gasteiger partial charge in [-0.15, -0.1) is 10.2 Å². The predicted octanol–water partition coefficient (Wildman–Crippen LogP) is 4.56. The van der Waals surface area contributed by atoms with Crippen molar-refractivity contribution in [3.63, 3.8) is 0 Å². The van der Waals surface area contributed by atoms with Crippen LogP contribution in [0.5, 0.6) is 0 Å². The van der Waals surface area contributed by atoms with Gasteiger partial charge in [0, 0.05) is 23.3 Å². The number of amides is 1. The summed E-state index contributed by atoms with van der Waals surface area (Å²) < 4.78 is 1.88. The number of hydrogen-bond acceptors (Lipinski definition) is 4. The van der Waals surface area contributed by atoms with E-state index in [1.165, 1.54) is 11.8 Å². The molecule has 0 aliphatic heterocycles. The Morgan fingerprint density at radius 3 is 2.42 bits per heavy atom. The Hall–Kier alpha value is -2.31. The monoisotopic (exact) mass is 386 g/mol. The maximum atomic E-state index is 12.4. The van der Waals surface area contributed by atoms with Crippen LogP contribution in [0.3, 0.4) is 0 Å². The SMILES string of the molecule is Cc1ccc(NC(=O)[C@@H](C)Sc2nnc(-c3ccc(Cl)cc3)n2C)cc1. The van der Waals surface area contributed by atoms with E-state index < -0.39 is 0 Å². The topological polar surface area (TPSA) is 59.8 Å². The Labute approximate surface area is 161 Å². The van der Waals surface area contributed by atoms with Crippen LogP contribution < -0.4 is 5.32 Å². The maximum Gasteiger partial charge on any atom is 0.237 e. The van der Waals surface area contributed by atoms with E-state index in [0.29, 0.717) is 10.2 Å². The summed E-state index contributed by atoms with van der Waals surface area (Å²) in [6, 6.07) is 15.1. The average Bonchev–Trinajstić information content (AvgIpc) is 2.98. The molecule has 1 aromatic heterocycles. The van der Waals surface area contributed by atoms with Crippen LogP contribution in [0.1, 0.15) is 12.5 Å². The lowest BCUT2D eigenvalue weighted by molar-refractivity contribution is -0.115. The van der Waals surface area contributed by atoms with Gasteiger partial charge < -0.3 is 9.88 Å². The van der Waals surface area contributed by atoms with Gasteiger partial charge in [-0.3, -0.25) is 4.79 Å². The fourth-order valence-corrected chi connectivity index (χ4v) is 3.30. The number of anilines is 1. The summed E-state index contributed by atoms with van der Waals surface area (Å²) in [5, 5.41) is 12.4. The second kappa shape index (κ2) is 7.93. The lowest BCUT2D eigenvalue weighted by Crippen LogP contribution is -2.22. The third-order valence-electron chi connectivity index (χ3n) is 3.91. The van der Waals surface area contributed by atoms with Crippen LogP contribution in [-0.2, 0) is 11.8 Å². The molecule has 7 heteroatoms. The highest BCUT2D eigenvalue weighted by molar-refractivity contribution is 8.00. The van der Waals surface area contributed by atoms with Crippen LogP contribution in [0, 0.1) is 6.92 Å². The van der Waals surface area contributed by atoms with Crippen molar-refractivity contribution in [2.45, 2.75) is 24.3 Å². The molecule has 26 heavy (non-hydrogen) atoms. The standard InChI is InChI=1S/C19H19ClN4OS/c1-12-4-10-16(11-5-12)21-18(25)13(2)26-19-23-22-17(24(19)3)14-6-8-15(20)9-7-14/h4-11,13H,1-3H3,(H,21,25)/t13-/m1/s1. The molecule has 0 unspecified atom stereocenters. The van der Waals surface area contributed by atoms with E-state index in [4.69, 9.17) is 11.6 Å². The van der Waals surface area contributed by atoms with Crippen molar-refractivity contribution in [3.05, 3.63) is 59.1 Å². The van der Waals surface area contributed by atoms with E-state index in [1.807, 2.05) is 74.0 Å². The van der Waals surface area contributed by atoms with Crippen LogP contribution >= 0.6 is 23.4 Å². The molecule has 0 saturated carbocycles. The molecule has 0 saturated heterocycles. The first-order chi connectivity index (χ1) is 12.4. The smallest absolute Gasteiger partial charge is 0.237 e. The molecule has 1 atom stereocenters. The minimum atomic E-state index is -0.308. The molecule has 1 heterocycles. The summed E-state index contributed by atoms with van der Waals surface area (Å²) in [6.07, 6.45) is 0. The Bertz CT molecular complexity index is 906. The number of carbonyl (C=O) groups is 1. The Kier molecular flexibility index (Phi) is 5.64. The van der Waals surface area contributed by atoms with Gasteiger partial charge in [-0.25, -0.2) is 0 Å². The molecule has 1 amide bonds. The second-order valence-electron chi connectivity index (χ2n) is 5.99. The molecule has 0 aliphatic carbocycles. The number of hydrogen-bond donors (Lipinski definition) is 1. The van der Waals surface area contributed by atoms with Crippen LogP contribution in [0.25, 0.3) is 11.4 Å². The highest BCUT2D eigenvalue weighted by atomic mass is 35.5. The molecule has 3 rings (SSSR count). The second-order valence-corrected chi connectivity index (χ2v) is 7.73. The largest absolute Gasteiger partial charge is 0.325 e. The van der Waals surface area contributed by atoms with Crippen molar-refractivity contribution in [2.75, 3.05) is 5.32 Å². The minimum absolute atomic E-state index is 0.0742. The number of thioether (sulfide) groups is 1. The molecule has 1 N–H and O–H groups in total. The van der Waals surface area contributed by atoms with Gasteiger partial charge in [0.05, 0.1) is 5.25 Å². The van der Waals surface area contributed by atoms with Crippen LogP contribution in [0.4, 0.5) is 5.69 Å². The third kappa shape index (κ3) is 4.26. The number of benzene rings is 2. The first kappa shape index (κ1) is 18.5. The van der Waals surface area contributed by atoms with Crippen molar-refractivity contribution < 1.29 is 4.79 Å². The highest BCUT2D eigenvalue weighted by Crippen LogP contribution is 2.27.